The van der Waals surface area contributed by atoms with Crippen molar-refractivity contribution in [1.82, 2.24) is 5.32 Å². The highest BCUT2D eigenvalue weighted by atomic mass is 79.9. The van der Waals surface area contributed by atoms with Crippen molar-refractivity contribution in [3.05, 3.63) is 28.2 Å². The molecule has 1 N–H and O–H groups in total. The maximum absolute atomic E-state index is 5.67. The Morgan fingerprint density at radius 1 is 1.35 bits per heavy atom. The predicted octanol–water partition coefficient (Wildman–Crippen LogP) is 3.78. The second-order valence-electron chi connectivity index (χ2n) is 5.49. The van der Waals surface area contributed by atoms with Crippen LogP contribution in [0.15, 0.2) is 22.7 Å². The molecular formula is C16H24BrNO2. The summed E-state index contributed by atoms with van der Waals surface area (Å²) in [6.07, 6.45) is 2.75. The third-order valence-corrected chi connectivity index (χ3v) is 4.68. The minimum atomic E-state index is 0.409. The Morgan fingerprint density at radius 2 is 2.10 bits per heavy atom. The first-order valence-corrected chi connectivity index (χ1v) is 8.05. The van der Waals surface area contributed by atoms with Gasteiger partial charge in [0, 0.05) is 13.2 Å². The van der Waals surface area contributed by atoms with Crippen molar-refractivity contribution in [2.75, 3.05) is 27.4 Å². The standard InChI is InChI=1S/C16H24BrNO2/c1-11(12-4-5-12)16(18-2)13-6-7-15(14(17)10-13)20-9-8-19-3/h6-7,10-12,16,18H,4-5,8-9H2,1-3H3. The Hall–Kier alpha value is -0.580. The molecular weight excluding hydrogens is 318 g/mol. The molecule has 2 unspecified atom stereocenters. The summed E-state index contributed by atoms with van der Waals surface area (Å²) < 4.78 is 11.7. The van der Waals surface area contributed by atoms with Gasteiger partial charge in [0.05, 0.1) is 11.1 Å². The van der Waals surface area contributed by atoms with Gasteiger partial charge in [-0.25, -0.2) is 0 Å². The van der Waals surface area contributed by atoms with Gasteiger partial charge in [-0.3, -0.25) is 0 Å². The lowest BCUT2D eigenvalue weighted by molar-refractivity contribution is 0.146. The summed E-state index contributed by atoms with van der Waals surface area (Å²) in [5.41, 5.74) is 1.32. The number of methoxy groups -OCH3 is 1. The van der Waals surface area contributed by atoms with Crippen LogP contribution in [0.5, 0.6) is 5.75 Å². The van der Waals surface area contributed by atoms with Crippen LogP contribution in [0.1, 0.15) is 31.4 Å². The van der Waals surface area contributed by atoms with E-state index in [1.807, 2.05) is 13.1 Å². The molecule has 1 aliphatic carbocycles. The highest BCUT2D eigenvalue weighted by Crippen LogP contribution is 2.43. The van der Waals surface area contributed by atoms with Gasteiger partial charge in [-0.2, -0.15) is 0 Å². The quantitative estimate of drug-likeness (QED) is 0.730. The number of rotatable bonds is 8. The average Bonchev–Trinajstić information content (AvgIpc) is 3.26. The van der Waals surface area contributed by atoms with Crippen LogP contribution >= 0.6 is 15.9 Å². The van der Waals surface area contributed by atoms with E-state index in [1.165, 1.54) is 18.4 Å². The lowest BCUT2D eigenvalue weighted by atomic mass is 9.91. The molecule has 20 heavy (non-hydrogen) atoms. The van der Waals surface area contributed by atoms with Crippen LogP contribution in [0.25, 0.3) is 0 Å². The first-order valence-electron chi connectivity index (χ1n) is 7.25. The Balaban J connectivity index is 2.06. The lowest BCUT2D eigenvalue weighted by Gasteiger charge is -2.24. The maximum Gasteiger partial charge on any atom is 0.133 e. The van der Waals surface area contributed by atoms with Crippen molar-refractivity contribution < 1.29 is 9.47 Å². The van der Waals surface area contributed by atoms with Gasteiger partial charge in [-0.1, -0.05) is 13.0 Å². The van der Waals surface area contributed by atoms with Crippen LogP contribution in [0.2, 0.25) is 0 Å². The Labute approximate surface area is 130 Å². The molecule has 0 radical (unpaired) electrons. The normalized spacial score (nSPS) is 17.8. The molecule has 1 aromatic carbocycles. The van der Waals surface area contributed by atoms with Gasteiger partial charge in [0.1, 0.15) is 12.4 Å². The van der Waals surface area contributed by atoms with E-state index in [1.54, 1.807) is 7.11 Å². The van der Waals surface area contributed by atoms with Gasteiger partial charge in [-0.05, 0) is 65.4 Å². The van der Waals surface area contributed by atoms with Gasteiger partial charge in [0.15, 0.2) is 0 Å². The lowest BCUT2D eigenvalue weighted by Crippen LogP contribution is -2.24. The van der Waals surface area contributed by atoms with Crippen molar-refractivity contribution in [2.45, 2.75) is 25.8 Å². The molecule has 2 rings (SSSR count). The highest BCUT2D eigenvalue weighted by molar-refractivity contribution is 9.10. The fourth-order valence-corrected chi connectivity index (χ4v) is 3.20. The molecule has 1 aromatic rings. The zero-order valence-electron chi connectivity index (χ0n) is 12.5. The molecule has 112 valence electrons. The van der Waals surface area contributed by atoms with Crippen LogP contribution in [-0.2, 0) is 4.74 Å². The van der Waals surface area contributed by atoms with E-state index in [0.717, 1.165) is 16.1 Å². The molecule has 3 nitrogen and oxygen atoms in total. The van der Waals surface area contributed by atoms with Crippen molar-refractivity contribution in [2.24, 2.45) is 11.8 Å². The zero-order valence-corrected chi connectivity index (χ0v) is 14.1. The van der Waals surface area contributed by atoms with Gasteiger partial charge >= 0.3 is 0 Å². The summed E-state index contributed by atoms with van der Waals surface area (Å²) >= 11 is 3.60. The van der Waals surface area contributed by atoms with Crippen LogP contribution in [-0.4, -0.2) is 27.4 Å². The fourth-order valence-electron chi connectivity index (χ4n) is 2.69. The van der Waals surface area contributed by atoms with E-state index in [-0.39, 0.29) is 0 Å². The molecule has 2 atom stereocenters. The smallest absolute Gasteiger partial charge is 0.133 e. The van der Waals surface area contributed by atoms with E-state index in [0.29, 0.717) is 25.2 Å². The van der Waals surface area contributed by atoms with Crippen molar-refractivity contribution in [1.29, 1.82) is 0 Å². The van der Waals surface area contributed by atoms with Crippen LogP contribution in [0, 0.1) is 11.8 Å². The topological polar surface area (TPSA) is 30.5 Å². The van der Waals surface area contributed by atoms with Gasteiger partial charge in [-0.15, -0.1) is 0 Å². The van der Waals surface area contributed by atoms with E-state index >= 15 is 0 Å². The highest BCUT2D eigenvalue weighted by Gasteiger charge is 2.33. The summed E-state index contributed by atoms with van der Waals surface area (Å²) in [4.78, 5) is 0. The van der Waals surface area contributed by atoms with Crippen LogP contribution in [0.4, 0.5) is 0 Å². The summed E-state index contributed by atoms with van der Waals surface area (Å²) in [6.45, 7) is 3.52. The summed E-state index contributed by atoms with van der Waals surface area (Å²) in [7, 11) is 3.72. The van der Waals surface area contributed by atoms with Crippen molar-refractivity contribution in [3.63, 3.8) is 0 Å². The second-order valence-corrected chi connectivity index (χ2v) is 6.35. The largest absolute Gasteiger partial charge is 0.490 e. The third-order valence-electron chi connectivity index (χ3n) is 4.06. The molecule has 0 heterocycles. The molecule has 0 amide bonds. The van der Waals surface area contributed by atoms with E-state index < -0.39 is 0 Å². The molecule has 0 aromatic heterocycles. The molecule has 4 heteroatoms. The van der Waals surface area contributed by atoms with Gasteiger partial charge in [0.2, 0.25) is 0 Å². The summed E-state index contributed by atoms with van der Waals surface area (Å²) in [6, 6.07) is 6.78. The average molecular weight is 342 g/mol. The van der Waals surface area contributed by atoms with Crippen molar-refractivity contribution >= 4 is 15.9 Å². The summed E-state index contributed by atoms with van der Waals surface area (Å²) in [5, 5.41) is 3.46. The van der Waals surface area contributed by atoms with Crippen molar-refractivity contribution in [3.8, 4) is 5.75 Å². The SMILES string of the molecule is CNC(c1ccc(OCCOC)c(Br)c1)C(C)C1CC1. The minimum Gasteiger partial charge on any atom is -0.490 e. The Kier molecular flexibility index (Phi) is 5.87. The Morgan fingerprint density at radius 3 is 2.65 bits per heavy atom. The molecule has 0 aliphatic heterocycles. The number of hydrogen-bond donors (Lipinski definition) is 1. The van der Waals surface area contributed by atoms with E-state index in [4.69, 9.17) is 9.47 Å². The Bertz CT molecular complexity index is 434. The number of hydrogen-bond acceptors (Lipinski definition) is 3. The zero-order chi connectivity index (χ0) is 14.5. The number of nitrogens with one attached hydrogen (secondary N) is 1. The first kappa shape index (κ1) is 15.8. The second kappa shape index (κ2) is 7.43. The molecule has 0 bridgehead atoms. The van der Waals surface area contributed by atoms with Gasteiger partial charge < -0.3 is 14.8 Å². The number of benzene rings is 1. The predicted molar refractivity (Wildman–Crippen MR) is 85.2 cm³/mol. The van der Waals surface area contributed by atoms with Crippen LogP contribution in [0.3, 0.4) is 0 Å². The molecule has 0 saturated heterocycles. The molecule has 0 spiro atoms. The molecule has 1 fully saturated rings. The number of halogens is 1. The van der Waals surface area contributed by atoms with E-state index in [2.05, 4.69) is 40.3 Å². The monoisotopic (exact) mass is 341 g/mol. The number of ether oxygens (including phenoxy) is 2. The minimum absolute atomic E-state index is 0.409. The molecule has 1 saturated carbocycles. The third kappa shape index (κ3) is 3.96. The van der Waals surface area contributed by atoms with Crippen LogP contribution < -0.4 is 10.1 Å². The van der Waals surface area contributed by atoms with Gasteiger partial charge in [0.25, 0.3) is 0 Å². The summed E-state index contributed by atoms with van der Waals surface area (Å²) in [5.74, 6) is 2.43. The molecule has 1 aliphatic rings. The maximum atomic E-state index is 5.67. The first-order chi connectivity index (χ1) is 9.67. The fraction of sp³-hybridized carbons (Fsp3) is 0.625. The van der Waals surface area contributed by atoms with E-state index in [9.17, 15) is 0 Å².